The van der Waals surface area contributed by atoms with Crippen molar-refractivity contribution in [2.24, 2.45) is 11.8 Å². The van der Waals surface area contributed by atoms with E-state index in [1.54, 1.807) is 0 Å². The van der Waals surface area contributed by atoms with Crippen LogP contribution >= 0.6 is 0 Å². The van der Waals surface area contributed by atoms with Gasteiger partial charge >= 0.3 is 0 Å². The van der Waals surface area contributed by atoms with Crippen LogP contribution in [0.25, 0.3) is 0 Å². The van der Waals surface area contributed by atoms with Crippen molar-refractivity contribution in [3.63, 3.8) is 0 Å². The van der Waals surface area contributed by atoms with Gasteiger partial charge in [0.05, 0.1) is 10.5 Å². The zero-order valence-electron chi connectivity index (χ0n) is 12.6. The van der Waals surface area contributed by atoms with Crippen molar-refractivity contribution in [2.45, 2.75) is 75.8 Å². The van der Waals surface area contributed by atoms with Crippen LogP contribution in [0.15, 0.2) is 0 Å². The van der Waals surface area contributed by atoms with E-state index in [9.17, 15) is 8.42 Å². The van der Waals surface area contributed by atoms with Gasteiger partial charge in [0.2, 0.25) is 0 Å². The summed E-state index contributed by atoms with van der Waals surface area (Å²) in [7, 11) is -2.97. The van der Waals surface area contributed by atoms with E-state index in [1.807, 2.05) is 0 Å². The zero-order valence-corrected chi connectivity index (χ0v) is 13.4. The summed E-state index contributed by atoms with van der Waals surface area (Å²) in [6.45, 7) is 7.32. The van der Waals surface area contributed by atoms with Gasteiger partial charge in [-0.25, -0.2) is 8.42 Å². The molecule has 2 saturated carbocycles. The molecule has 4 atom stereocenters. The third-order valence-electron chi connectivity index (χ3n) is 5.00. The first-order valence-corrected chi connectivity index (χ1v) is 9.53. The Morgan fingerprint density at radius 1 is 1.11 bits per heavy atom. The van der Waals surface area contributed by atoms with E-state index in [1.165, 1.54) is 0 Å². The number of hydrogen-bond acceptors (Lipinski definition) is 3. The summed E-state index contributed by atoms with van der Waals surface area (Å²) in [5.41, 5.74) is 0. The highest BCUT2D eigenvalue weighted by molar-refractivity contribution is 7.92. The SMILES string of the molecule is CCNC1CC(C)CC(C)C1S(=O)(=O)C1CCCC1. The fraction of sp³-hybridized carbons (Fsp3) is 1.00. The van der Waals surface area contributed by atoms with E-state index >= 15 is 0 Å². The van der Waals surface area contributed by atoms with Crippen molar-refractivity contribution in [2.75, 3.05) is 6.54 Å². The summed E-state index contributed by atoms with van der Waals surface area (Å²) in [6.07, 6.45) is 6.02. The first-order chi connectivity index (χ1) is 8.96. The minimum Gasteiger partial charge on any atom is -0.313 e. The molecule has 112 valence electrons. The van der Waals surface area contributed by atoms with Gasteiger partial charge in [0.1, 0.15) is 0 Å². The highest BCUT2D eigenvalue weighted by atomic mass is 32.2. The highest BCUT2D eigenvalue weighted by Crippen LogP contribution is 2.38. The Labute approximate surface area is 118 Å². The van der Waals surface area contributed by atoms with Gasteiger partial charge in [-0.3, -0.25) is 0 Å². The molecule has 3 nitrogen and oxygen atoms in total. The van der Waals surface area contributed by atoms with E-state index in [2.05, 4.69) is 26.1 Å². The van der Waals surface area contributed by atoms with Gasteiger partial charge in [-0.2, -0.15) is 0 Å². The summed E-state index contributed by atoms with van der Waals surface area (Å²) < 4.78 is 25.9. The van der Waals surface area contributed by atoms with Crippen molar-refractivity contribution < 1.29 is 8.42 Å². The molecule has 0 spiro atoms. The summed E-state index contributed by atoms with van der Waals surface area (Å²) in [6, 6.07) is 0.161. The van der Waals surface area contributed by atoms with Gasteiger partial charge in [-0.05, 0) is 44.1 Å². The van der Waals surface area contributed by atoms with Gasteiger partial charge in [0.15, 0.2) is 9.84 Å². The van der Waals surface area contributed by atoms with Crippen LogP contribution < -0.4 is 5.32 Å². The Bertz CT molecular complexity index is 387. The second-order valence-corrected chi connectivity index (χ2v) is 9.07. The van der Waals surface area contributed by atoms with Crippen LogP contribution in [0.3, 0.4) is 0 Å². The smallest absolute Gasteiger partial charge is 0.157 e. The lowest BCUT2D eigenvalue weighted by molar-refractivity contribution is 0.243. The Morgan fingerprint density at radius 2 is 1.74 bits per heavy atom. The molecule has 2 aliphatic rings. The summed E-state index contributed by atoms with van der Waals surface area (Å²) in [5.74, 6) is 0.924. The number of hydrogen-bond donors (Lipinski definition) is 1. The Balaban J connectivity index is 2.22. The molecule has 2 aliphatic carbocycles. The second-order valence-electron chi connectivity index (χ2n) is 6.68. The van der Waals surface area contributed by atoms with Gasteiger partial charge in [0, 0.05) is 6.04 Å². The van der Waals surface area contributed by atoms with Crippen molar-refractivity contribution in [1.29, 1.82) is 0 Å². The normalized spacial score (nSPS) is 37.6. The molecule has 0 bridgehead atoms. The van der Waals surface area contributed by atoms with Crippen LogP contribution in [0, 0.1) is 11.8 Å². The first-order valence-electron chi connectivity index (χ1n) is 7.92. The van der Waals surface area contributed by atoms with Gasteiger partial charge in [-0.15, -0.1) is 0 Å². The Hall–Kier alpha value is -0.0900. The fourth-order valence-electron chi connectivity index (χ4n) is 4.28. The molecule has 0 radical (unpaired) electrons. The number of nitrogens with one attached hydrogen (secondary N) is 1. The van der Waals surface area contributed by atoms with E-state index in [-0.39, 0.29) is 16.5 Å². The van der Waals surface area contributed by atoms with Gasteiger partial charge in [0.25, 0.3) is 0 Å². The molecule has 0 aromatic heterocycles. The largest absolute Gasteiger partial charge is 0.313 e. The molecular formula is C15H29NO2S. The molecule has 2 rings (SSSR count). The molecule has 4 unspecified atom stereocenters. The monoisotopic (exact) mass is 287 g/mol. The molecule has 4 heteroatoms. The molecule has 0 aliphatic heterocycles. The van der Waals surface area contributed by atoms with E-state index in [0.717, 1.165) is 45.1 Å². The Morgan fingerprint density at radius 3 is 2.32 bits per heavy atom. The Kier molecular flexibility index (Phi) is 4.93. The standard InChI is InChI=1S/C15H29NO2S/c1-4-16-14-10-11(2)9-12(3)15(14)19(17,18)13-7-5-6-8-13/h11-16H,4-10H2,1-3H3. The number of rotatable bonds is 4. The maximum Gasteiger partial charge on any atom is 0.157 e. The summed E-state index contributed by atoms with van der Waals surface area (Å²) in [5, 5.41) is 3.22. The average molecular weight is 287 g/mol. The molecule has 2 fully saturated rings. The zero-order chi connectivity index (χ0) is 14.0. The fourth-order valence-corrected chi connectivity index (χ4v) is 7.14. The number of sulfone groups is 1. The minimum atomic E-state index is -2.97. The molecule has 19 heavy (non-hydrogen) atoms. The third kappa shape index (κ3) is 3.15. The van der Waals surface area contributed by atoms with Crippen LogP contribution in [0.1, 0.15) is 59.3 Å². The second kappa shape index (κ2) is 6.13. The van der Waals surface area contributed by atoms with Crippen molar-refractivity contribution in [3.05, 3.63) is 0 Å². The van der Waals surface area contributed by atoms with Crippen molar-refractivity contribution >= 4 is 9.84 Å². The lowest BCUT2D eigenvalue weighted by atomic mass is 9.80. The molecule has 0 amide bonds. The summed E-state index contributed by atoms with van der Waals surface area (Å²) in [4.78, 5) is 0. The summed E-state index contributed by atoms with van der Waals surface area (Å²) >= 11 is 0. The predicted octanol–water partition coefficient (Wildman–Crippen LogP) is 2.76. The highest BCUT2D eigenvalue weighted by Gasteiger charge is 2.45. The quantitative estimate of drug-likeness (QED) is 0.865. The minimum absolute atomic E-state index is 0.0606. The van der Waals surface area contributed by atoms with Crippen LogP contribution in [-0.2, 0) is 9.84 Å². The lowest BCUT2D eigenvalue weighted by Crippen LogP contribution is -2.53. The van der Waals surface area contributed by atoms with Crippen LogP contribution in [0.2, 0.25) is 0 Å². The molecule has 0 aromatic rings. The van der Waals surface area contributed by atoms with Gasteiger partial charge < -0.3 is 5.32 Å². The molecule has 0 heterocycles. The van der Waals surface area contributed by atoms with Crippen LogP contribution in [0.5, 0.6) is 0 Å². The first kappa shape index (κ1) is 15.3. The van der Waals surface area contributed by atoms with Crippen LogP contribution in [-0.4, -0.2) is 31.5 Å². The van der Waals surface area contributed by atoms with Crippen molar-refractivity contribution in [1.82, 2.24) is 5.32 Å². The van der Waals surface area contributed by atoms with Crippen LogP contribution in [0.4, 0.5) is 0 Å². The molecule has 0 saturated heterocycles. The van der Waals surface area contributed by atoms with E-state index in [4.69, 9.17) is 0 Å². The molecule has 1 N–H and O–H groups in total. The average Bonchev–Trinajstić information content (AvgIpc) is 2.81. The molecular weight excluding hydrogens is 258 g/mol. The maximum absolute atomic E-state index is 13.0. The predicted molar refractivity (Wildman–Crippen MR) is 80.0 cm³/mol. The third-order valence-corrected chi connectivity index (χ3v) is 7.95. The lowest BCUT2D eigenvalue weighted by Gasteiger charge is -2.40. The van der Waals surface area contributed by atoms with Crippen molar-refractivity contribution in [3.8, 4) is 0 Å². The van der Waals surface area contributed by atoms with E-state index < -0.39 is 9.84 Å². The molecule has 0 aromatic carbocycles. The van der Waals surface area contributed by atoms with E-state index in [0.29, 0.717) is 11.8 Å². The topological polar surface area (TPSA) is 46.2 Å². The van der Waals surface area contributed by atoms with Gasteiger partial charge in [-0.1, -0.05) is 33.6 Å². The maximum atomic E-state index is 13.0.